The molecule has 0 unspecified atom stereocenters. The van der Waals surface area contributed by atoms with Crippen LogP contribution in [0.4, 0.5) is 0 Å². The molecule has 0 bridgehead atoms. The maximum absolute atomic E-state index is 12.1. The average Bonchev–Trinajstić information content (AvgIpc) is 2.40. The van der Waals surface area contributed by atoms with Crippen LogP contribution in [0.5, 0.6) is 5.75 Å². The van der Waals surface area contributed by atoms with Gasteiger partial charge in [-0.2, -0.15) is 0 Å². The Morgan fingerprint density at radius 1 is 1.32 bits per heavy atom. The average molecular weight is 261 g/mol. The summed E-state index contributed by atoms with van der Waals surface area (Å²) in [4.78, 5) is 12.1. The number of carbonyl (C=O) groups is 1. The zero-order chi connectivity index (χ0) is 13.7. The summed E-state index contributed by atoms with van der Waals surface area (Å²) in [6.45, 7) is 3.82. The van der Waals surface area contributed by atoms with Crippen molar-refractivity contribution in [2.45, 2.75) is 58.1 Å². The quantitative estimate of drug-likeness (QED) is 0.903. The van der Waals surface area contributed by atoms with Gasteiger partial charge in [0.2, 0.25) is 0 Å². The minimum absolute atomic E-state index is 0.00611. The first-order valence-corrected chi connectivity index (χ1v) is 7.19. The lowest BCUT2D eigenvalue weighted by Crippen LogP contribution is -2.43. The predicted octanol–water partition coefficient (Wildman–Crippen LogP) is 3.21. The standard InChI is InChI=1S/C16H23NO2/c1-12-7-6-10-15(11-12)19-13(2)16(18)17-14-8-4-3-5-9-14/h6-7,10-11,13-14H,3-5,8-9H2,1-2H3,(H,17,18)/t13-/m0/s1. The highest BCUT2D eigenvalue weighted by Gasteiger charge is 2.20. The van der Waals surface area contributed by atoms with Crippen LogP contribution in [0.25, 0.3) is 0 Å². The number of carbonyl (C=O) groups excluding carboxylic acids is 1. The molecule has 3 heteroatoms. The third-order valence-electron chi connectivity index (χ3n) is 3.62. The van der Waals surface area contributed by atoms with Gasteiger partial charge in [0.1, 0.15) is 5.75 Å². The fourth-order valence-electron chi connectivity index (χ4n) is 2.51. The summed E-state index contributed by atoms with van der Waals surface area (Å²) in [6, 6.07) is 8.13. The topological polar surface area (TPSA) is 38.3 Å². The summed E-state index contributed by atoms with van der Waals surface area (Å²) in [5.41, 5.74) is 1.14. The van der Waals surface area contributed by atoms with Gasteiger partial charge in [0, 0.05) is 6.04 Å². The highest BCUT2D eigenvalue weighted by atomic mass is 16.5. The molecule has 3 nitrogen and oxygen atoms in total. The number of rotatable bonds is 4. The molecular formula is C16H23NO2. The second kappa shape index (κ2) is 6.60. The lowest BCUT2D eigenvalue weighted by Gasteiger charge is -2.24. The van der Waals surface area contributed by atoms with Crippen LogP contribution in [0.3, 0.4) is 0 Å². The van der Waals surface area contributed by atoms with Crippen molar-refractivity contribution in [3.63, 3.8) is 0 Å². The summed E-state index contributed by atoms with van der Waals surface area (Å²) in [5.74, 6) is 0.750. The Morgan fingerprint density at radius 2 is 2.05 bits per heavy atom. The molecule has 1 saturated carbocycles. The third kappa shape index (κ3) is 4.27. The van der Waals surface area contributed by atoms with E-state index in [1.54, 1.807) is 6.92 Å². The van der Waals surface area contributed by atoms with E-state index in [4.69, 9.17) is 4.74 Å². The summed E-state index contributed by atoms with van der Waals surface area (Å²) < 4.78 is 5.69. The number of hydrogen-bond acceptors (Lipinski definition) is 2. The summed E-state index contributed by atoms with van der Waals surface area (Å²) in [6.07, 6.45) is 5.49. The van der Waals surface area contributed by atoms with E-state index >= 15 is 0 Å². The number of nitrogens with one attached hydrogen (secondary N) is 1. The van der Waals surface area contributed by atoms with Gasteiger partial charge in [-0.3, -0.25) is 4.79 Å². The second-order valence-electron chi connectivity index (χ2n) is 5.42. The van der Waals surface area contributed by atoms with Crippen molar-refractivity contribution in [2.75, 3.05) is 0 Å². The molecule has 0 aliphatic heterocycles. The van der Waals surface area contributed by atoms with Gasteiger partial charge in [-0.25, -0.2) is 0 Å². The highest BCUT2D eigenvalue weighted by Crippen LogP contribution is 2.18. The van der Waals surface area contributed by atoms with E-state index in [-0.39, 0.29) is 5.91 Å². The molecule has 1 aliphatic carbocycles. The zero-order valence-corrected chi connectivity index (χ0v) is 11.8. The monoisotopic (exact) mass is 261 g/mol. The molecule has 1 fully saturated rings. The minimum atomic E-state index is -0.441. The molecule has 1 aromatic carbocycles. The van der Waals surface area contributed by atoms with Crippen LogP contribution >= 0.6 is 0 Å². The zero-order valence-electron chi connectivity index (χ0n) is 11.8. The molecule has 19 heavy (non-hydrogen) atoms. The molecule has 0 spiro atoms. The Balaban J connectivity index is 1.84. The van der Waals surface area contributed by atoms with E-state index in [1.165, 1.54) is 19.3 Å². The maximum atomic E-state index is 12.1. The van der Waals surface area contributed by atoms with Crippen molar-refractivity contribution in [3.05, 3.63) is 29.8 Å². The molecule has 0 radical (unpaired) electrons. The molecule has 0 aromatic heterocycles. The van der Waals surface area contributed by atoms with Gasteiger partial charge in [-0.1, -0.05) is 31.4 Å². The summed E-state index contributed by atoms with van der Waals surface area (Å²) in [7, 11) is 0. The molecule has 2 rings (SSSR count). The first kappa shape index (κ1) is 13.9. The Kier molecular flexibility index (Phi) is 4.83. The smallest absolute Gasteiger partial charge is 0.260 e. The number of hydrogen-bond donors (Lipinski definition) is 1. The number of ether oxygens (including phenoxy) is 1. The fraction of sp³-hybridized carbons (Fsp3) is 0.562. The minimum Gasteiger partial charge on any atom is -0.481 e. The van der Waals surface area contributed by atoms with Crippen molar-refractivity contribution < 1.29 is 9.53 Å². The van der Waals surface area contributed by atoms with Crippen molar-refractivity contribution in [1.82, 2.24) is 5.32 Å². The van der Waals surface area contributed by atoms with Gasteiger partial charge >= 0.3 is 0 Å². The second-order valence-corrected chi connectivity index (χ2v) is 5.42. The third-order valence-corrected chi connectivity index (χ3v) is 3.62. The van der Waals surface area contributed by atoms with Crippen LogP contribution in [0.1, 0.15) is 44.6 Å². The summed E-state index contributed by atoms with van der Waals surface area (Å²) >= 11 is 0. The molecule has 1 aromatic rings. The van der Waals surface area contributed by atoms with Gasteiger partial charge in [-0.05, 0) is 44.4 Å². The highest BCUT2D eigenvalue weighted by molar-refractivity contribution is 5.81. The van der Waals surface area contributed by atoms with E-state index in [9.17, 15) is 4.79 Å². The predicted molar refractivity (Wildman–Crippen MR) is 76.3 cm³/mol. The lowest BCUT2D eigenvalue weighted by molar-refractivity contribution is -0.128. The van der Waals surface area contributed by atoms with Crippen LogP contribution < -0.4 is 10.1 Å². The number of aryl methyl sites for hydroxylation is 1. The molecule has 0 saturated heterocycles. The van der Waals surface area contributed by atoms with Crippen LogP contribution in [0.15, 0.2) is 24.3 Å². The van der Waals surface area contributed by atoms with Gasteiger partial charge in [0.05, 0.1) is 0 Å². The van der Waals surface area contributed by atoms with Crippen LogP contribution in [0, 0.1) is 6.92 Å². The van der Waals surface area contributed by atoms with E-state index in [1.807, 2.05) is 31.2 Å². The Bertz CT molecular complexity index is 425. The number of benzene rings is 1. The van der Waals surface area contributed by atoms with Gasteiger partial charge in [-0.15, -0.1) is 0 Å². The van der Waals surface area contributed by atoms with Gasteiger partial charge in [0.25, 0.3) is 5.91 Å². The first-order chi connectivity index (χ1) is 9.15. The van der Waals surface area contributed by atoms with E-state index in [0.29, 0.717) is 6.04 Å². The fourth-order valence-corrected chi connectivity index (χ4v) is 2.51. The molecule has 1 atom stereocenters. The van der Waals surface area contributed by atoms with E-state index in [2.05, 4.69) is 5.32 Å². The Labute approximate surface area is 115 Å². The van der Waals surface area contributed by atoms with Crippen molar-refractivity contribution in [3.8, 4) is 5.75 Å². The van der Waals surface area contributed by atoms with Gasteiger partial charge < -0.3 is 10.1 Å². The van der Waals surface area contributed by atoms with Crippen molar-refractivity contribution in [2.24, 2.45) is 0 Å². The van der Waals surface area contributed by atoms with Crippen LogP contribution in [-0.2, 0) is 4.79 Å². The van der Waals surface area contributed by atoms with Crippen molar-refractivity contribution >= 4 is 5.91 Å². The Morgan fingerprint density at radius 3 is 2.74 bits per heavy atom. The van der Waals surface area contributed by atoms with Gasteiger partial charge in [0.15, 0.2) is 6.10 Å². The number of amides is 1. The lowest BCUT2D eigenvalue weighted by atomic mass is 9.95. The normalized spacial score (nSPS) is 17.8. The molecule has 1 aliphatic rings. The SMILES string of the molecule is Cc1cccc(O[C@@H](C)C(=O)NC2CCCCC2)c1. The molecule has 104 valence electrons. The maximum Gasteiger partial charge on any atom is 0.260 e. The molecule has 0 heterocycles. The molecular weight excluding hydrogens is 238 g/mol. The molecule has 1 N–H and O–H groups in total. The van der Waals surface area contributed by atoms with E-state index < -0.39 is 6.10 Å². The van der Waals surface area contributed by atoms with Crippen molar-refractivity contribution in [1.29, 1.82) is 0 Å². The summed E-state index contributed by atoms with van der Waals surface area (Å²) in [5, 5.41) is 3.09. The molecule has 1 amide bonds. The van der Waals surface area contributed by atoms with Crippen LogP contribution in [-0.4, -0.2) is 18.1 Å². The largest absolute Gasteiger partial charge is 0.481 e. The van der Waals surface area contributed by atoms with Crippen LogP contribution in [0.2, 0.25) is 0 Å². The Hall–Kier alpha value is -1.51. The van der Waals surface area contributed by atoms with E-state index in [0.717, 1.165) is 24.2 Å². The first-order valence-electron chi connectivity index (χ1n) is 7.19.